The number of fused-ring (bicyclic) bond motifs is 2. The summed E-state index contributed by atoms with van der Waals surface area (Å²) in [6, 6.07) is 8.78. The van der Waals surface area contributed by atoms with Crippen LogP contribution in [0.15, 0.2) is 49.1 Å². The van der Waals surface area contributed by atoms with E-state index in [9.17, 15) is 0 Å². The molecule has 0 radical (unpaired) electrons. The maximum Gasteiger partial charge on any atom is 0.171 e. The molecule has 6 aromatic rings. The Balaban J connectivity index is 0.000000147. The second-order valence-corrected chi connectivity index (χ2v) is 13.7. The lowest BCUT2D eigenvalue weighted by Crippen LogP contribution is -2.44. The van der Waals surface area contributed by atoms with Crippen molar-refractivity contribution in [3.63, 3.8) is 0 Å². The fourth-order valence-corrected chi connectivity index (χ4v) is 6.84. The Labute approximate surface area is 293 Å². The number of morpholine rings is 2. The summed E-state index contributed by atoms with van der Waals surface area (Å²) in [5.41, 5.74) is 5.76. The van der Waals surface area contributed by atoms with E-state index < -0.39 is 0 Å². The van der Waals surface area contributed by atoms with Gasteiger partial charge in [-0.1, -0.05) is 0 Å². The van der Waals surface area contributed by atoms with Gasteiger partial charge in [-0.25, -0.2) is 19.0 Å². The van der Waals surface area contributed by atoms with E-state index in [1.54, 1.807) is 12.4 Å². The molecule has 2 atom stereocenters. The first-order valence-corrected chi connectivity index (χ1v) is 17.2. The van der Waals surface area contributed by atoms with E-state index in [0.29, 0.717) is 12.1 Å². The molecule has 0 N–H and O–H groups in total. The predicted octanol–water partition coefficient (Wildman–Crippen LogP) is 3.92. The van der Waals surface area contributed by atoms with Crippen LogP contribution >= 0.6 is 45.2 Å². The fourth-order valence-electron chi connectivity index (χ4n) is 5.89. The van der Waals surface area contributed by atoms with Gasteiger partial charge in [0.1, 0.15) is 11.6 Å². The van der Waals surface area contributed by atoms with Crippen molar-refractivity contribution >= 4 is 68.1 Å². The smallest absolute Gasteiger partial charge is 0.171 e. The molecule has 0 unspecified atom stereocenters. The summed E-state index contributed by atoms with van der Waals surface area (Å²) in [4.78, 5) is 14.3. The minimum atomic E-state index is 0.304. The van der Waals surface area contributed by atoms with Gasteiger partial charge in [-0.05, 0) is 71.2 Å². The number of rotatable bonds is 4. The largest absolute Gasteiger partial charge is 0.377 e. The molecule has 0 bridgehead atoms. The summed E-state index contributed by atoms with van der Waals surface area (Å²) in [6.07, 6.45) is 7.28. The highest BCUT2D eigenvalue weighted by atomic mass is 127. The fraction of sp³-hybridized carbons (Fsp3) is 0.400. The average molecular weight is 848 g/mol. The number of anilines is 2. The normalized spacial score (nSPS) is 18.7. The molecule has 2 saturated heterocycles. The number of aryl methyl sites for hydroxylation is 2. The van der Waals surface area contributed by atoms with Crippen LogP contribution in [0.4, 0.5) is 11.6 Å². The van der Waals surface area contributed by atoms with Crippen molar-refractivity contribution < 1.29 is 9.47 Å². The van der Waals surface area contributed by atoms with Crippen LogP contribution in [-0.2, 0) is 23.6 Å². The van der Waals surface area contributed by atoms with Crippen LogP contribution in [0, 0.1) is 7.14 Å². The molecule has 0 amide bonds. The van der Waals surface area contributed by atoms with Gasteiger partial charge in [-0.3, -0.25) is 9.36 Å². The Kier molecular flexibility index (Phi) is 8.85. The highest BCUT2D eigenvalue weighted by molar-refractivity contribution is 14.1. The summed E-state index contributed by atoms with van der Waals surface area (Å²) in [6.45, 7) is 8.93. The van der Waals surface area contributed by atoms with Crippen LogP contribution in [0.3, 0.4) is 0 Å². The van der Waals surface area contributed by atoms with Crippen LogP contribution in [-0.4, -0.2) is 100 Å². The van der Waals surface area contributed by atoms with E-state index in [1.165, 1.54) is 0 Å². The Bertz CT molecular complexity index is 1860. The highest BCUT2D eigenvalue weighted by Gasteiger charge is 2.25. The van der Waals surface area contributed by atoms with Gasteiger partial charge in [0.25, 0.3) is 0 Å². The average Bonchev–Trinajstić information content (AvgIpc) is 3.86. The summed E-state index contributed by atoms with van der Waals surface area (Å²) >= 11 is 4.56. The Morgan fingerprint density at radius 1 is 0.652 bits per heavy atom. The van der Waals surface area contributed by atoms with Gasteiger partial charge in [0.15, 0.2) is 11.3 Å². The minimum absolute atomic E-state index is 0.304. The van der Waals surface area contributed by atoms with E-state index >= 15 is 0 Å². The number of hydrogen-bond donors (Lipinski definition) is 0. The number of aromatic nitrogens is 10. The predicted molar refractivity (Wildman–Crippen MR) is 191 cm³/mol. The van der Waals surface area contributed by atoms with E-state index in [0.717, 1.165) is 92.4 Å². The minimum Gasteiger partial charge on any atom is -0.377 e. The summed E-state index contributed by atoms with van der Waals surface area (Å²) in [5, 5.41) is 17.5. The van der Waals surface area contributed by atoms with Crippen molar-refractivity contribution in [2.45, 2.75) is 25.9 Å². The molecule has 2 aliphatic heterocycles. The second kappa shape index (κ2) is 13.0. The topological polar surface area (TPSA) is 121 Å². The van der Waals surface area contributed by atoms with E-state index in [-0.39, 0.29) is 0 Å². The van der Waals surface area contributed by atoms with E-state index in [4.69, 9.17) is 19.4 Å². The molecular formula is C30H34I2N12O2. The Morgan fingerprint density at radius 3 is 1.46 bits per heavy atom. The number of ether oxygens (including phenoxy) is 2. The van der Waals surface area contributed by atoms with Crippen LogP contribution < -0.4 is 9.80 Å². The van der Waals surface area contributed by atoms with Gasteiger partial charge in [-0.15, -0.1) is 0 Å². The quantitative estimate of drug-likeness (QED) is 0.242. The third-order valence-corrected chi connectivity index (χ3v) is 9.84. The first-order chi connectivity index (χ1) is 22.3. The molecule has 0 aromatic carbocycles. The molecule has 16 heteroatoms. The van der Waals surface area contributed by atoms with E-state index in [2.05, 4.69) is 101 Å². The zero-order valence-electron chi connectivity index (χ0n) is 26.0. The van der Waals surface area contributed by atoms with Gasteiger partial charge in [0.05, 0.1) is 80.8 Å². The van der Waals surface area contributed by atoms with Gasteiger partial charge in [-0.2, -0.15) is 20.4 Å². The maximum absolute atomic E-state index is 5.55. The third kappa shape index (κ3) is 5.83. The van der Waals surface area contributed by atoms with Crippen molar-refractivity contribution in [3.8, 4) is 22.8 Å². The molecule has 46 heavy (non-hydrogen) atoms. The van der Waals surface area contributed by atoms with Gasteiger partial charge < -0.3 is 19.3 Å². The molecule has 6 aromatic heterocycles. The first kappa shape index (κ1) is 31.3. The molecule has 2 aliphatic rings. The summed E-state index contributed by atoms with van der Waals surface area (Å²) < 4.78 is 20.6. The standard InChI is InChI=1S/2C15H17IN6O/c2*1-10-9-23-6-5-21(10)14-7-13(12-3-4-17-20(12)2)22-15(19-14)11(16)8-18-22/h2*3-4,7-8,10H,5-6,9H2,1-2H3/t2*10-/m11/s1. The molecule has 0 spiro atoms. The number of nitrogens with zero attached hydrogens (tertiary/aromatic N) is 12. The Hall–Kier alpha value is -3.36. The summed E-state index contributed by atoms with van der Waals surface area (Å²) in [5.74, 6) is 1.92. The molecule has 2 fully saturated rings. The molecule has 14 nitrogen and oxygen atoms in total. The zero-order valence-corrected chi connectivity index (χ0v) is 30.3. The molecule has 240 valence electrons. The highest BCUT2D eigenvalue weighted by Crippen LogP contribution is 2.29. The van der Waals surface area contributed by atoms with Gasteiger partial charge in [0.2, 0.25) is 0 Å². The molecular weight excluding hydrogens is 814 g/mol. The van der Waals surface area contributed by atoms with E-state index in [1.807, 2.05) is 57.0 Å². The summed E-state index contributed by atoms with van der Waals surface area (Å²) in [7, 11) is 3.88. The second-order valence-electron chi connectivity index (χ2n) is 11.4. The molecule has 0 aliphatic carbocycles. The molecule has 0 saturated carbocycles. The lowest BCUT2D eigenvalue weighted by Gasteiger charge is -2.34. The monoisotopic (exact) mass is 848 g/mol. The van der Waals surface area contributed by atoms with Crippen molar-refractivity contribution in [3.05, 3.63) is 56.2 Å². The van der Waals surface area contributed by atoms with Crippen molar-refractivity contribution in [1.29, 1.82) is 0 Å². The number of halogens is 2. The maximum atomic E-state index is 5.55. The number of hydrogen-bond acceptors (Lipinski definition) is 10. The zero-order chi connectivity index (χ0) is 31.9. The van der Waals surface area contributed by atoms with Crippen LogP contribution in [0.2, 0.25) is 0 Å². The first-order valence-electron chi connectivity index (χ1n) is 15.0. The SMILES string of the molecule is C[C@@H]1COCCN1c1cc(-c2ccnn2C)n2ncc(I)c2n1.C[C@@H]1COCCN1c1cc(-c2ccnn2C)n2ncc(I)c2n1. The van der Waals surface area contributed by atoms with Gasteiger partial charge >= 0.3 is 0 Å². The molecule has 8 rings (SSSR count). The molecule has 8 heterocycles. The lowest BCUT2D eigenvalue weighted by atomic mass is 10.2. The Morgan fingerprint density at radius 2 is 1.09 bits per heavy atom. The van der Waals surface area contributed by atoms with Crippen molar-refractivity contribution in [1.82, 2.24) is 48.8 Å². The van der Waals surface area contributed by atoms with Crippen LogP contribution in [0.5, 0.6) is 0 Å². The van der Waals surface area contributed by atoms with Crippen LogP contribution in [0.1, 0.15) is 13.8 Å². The van der Waals surface area contributed by atoms with Crippen molar-refractivity contribution in [2.24, 2.45) is 14.1 Å². The van der Waals surface area contributed by atoms with Crippen LogP contribution in [0.25, 0.3) is 34.1 Å². The van der Waals surface area contributed by atoms with Gasteiger partial charge in [0, 0.05) is 51.7 Å². The van der Waals surface area contributed by atoms with Crippen molar-refractivity contribution in [2.75, 3.05) is 49.3 Å². The lowest BCUT2D eigenvalue weighted by molar-refractivity contribution is 0.0985. The third-order valence-electron chi connectivity index (χ3n) is 8.32.